The van der Waals surface area contributed by atoms with Gasteiger partial charge in [0.15, 0.2) is 0 Å². The average Bonchev–Trinajstić information content (AvgIpc) is 3.20. The monoisotopic (exact) mass is 288 g/mol. The third kappa shape index (κ3) is 4.16. The van der Waals surface area contributed by atoms with E-state index in [-0.39, 0.29) is 5.82 Å². The maximum Gasteiger partial charge on any atom is 0.123 e. The highest BCUT2D eigenvalue weighted by atomic mass is 19.1. The van der Waals surface area contributed by atoms with E-state index in [1.54, 1.807) is 6.26 Å². The summed E-state index contributed by atoms with van der Waals surface area (Å²) in [6, 6.07) is 9.39. The summed E-state index contributed by atoms with van der Waals surface area (Å²) in [5.74, 6) is 0.831. The molecule has 4 heteroatoms. The lowest BCUT2D eigenvalue weighted by atomic mass is 10.2. The Labute approximate surface area is 124 Å². The molecule has 0 unspecified atom stereocenters. The summed E-state index contributed by atoms with van der Waals surface area (Å²) >= 11 is 0. The van der Waals surface area contributed by atoms with Gasteiger partial charge >= 0.3 is 0 Å². The van der Waals surface area contributed by atoms with Gasteiger partial charge < -0.3 is 9.73 Å². The van der Waals surface area contributed by atoms with Crippen molar-refractivity contribution in [2.75, 3.05) is 7.05 Å². The highest BCUT2D eigenvalue weighted by molar-refractivity contribution is 5.19. The van der Waals surface area contributed by atoms with Crippen molar-refractivity contribution in [1.29, 1.82) is 0 Å². The van der Waals surface area contributed by atoms with Crippen LogP contribution >= 0.6 is 0 Å². The van der Waals surface area contributed by atoms with Crippen molar-refractivity contribution in [3.63, 3.8) is 0 Å². The smallest absolute Gasteiger partial charge is 0.123 e. The highest BCUT2D eigenvalue weighted by Gasteiger charge is 2.21. The molecule has 3 rings (SSSR count). The molecule has 2 aromatic rings. The predicted octanol–water partition coefficient (Wildman–Crippen LogP) is 3.30. The number of hydrogen-bond donors (Lipinski definition) is 1. The van der Waals surface area contributed by atoms with E-state index in [0.717, 1.165) is 31.0 Å². The van der Waals surface area contributed by atoms with E-state index in [1.165, 1.54) is 30.5 Å². The Bertz CT molecular complexity index is 575. The lowest BCUT2D eigenvalue weighted by molar-refractivity contribution is 0.314. The summed E-state index contributed by atoms with van der Waals surface area (Å²) in [4.78, 5) is 2.21. The van der Waals surface area contributed by atoms with E-state index >= 15 is 0 Å². The molecule has 1 N–H and O–H groups in total. The zero-order valence-electron chi connectivity index (χ0n) is 12.3. The van der Waals surface area contributed by atoms with E-state index in [0.29, 0.717) is 6.04 Å². The van der Waals surface area contributed by atoms with Crippen LogP contribution in [-0.2, 0) is 19.6 Å². The topological polar surface area (TPSA) is 28.4 Å². The molecule has 1 aliphatic carbocycles. The fourth-order valence-electron chi connectivity index (χ4n) is 2.44. The second-order valence-corrected chi connectivity index (χ2v) is 5.82. The Balaban J connectivity index is 1.55. The average molecular weight is 288 g/mol. The summed E-state index contributed by atoms with van der Waals surface area (Å²) in [5.41, 5.74) is 2.33. The molecule has 0 amide bonds. The molecule has 1 aliphatic rings. The number of nitrogens with zero attached hydrogens (tertiary/aromatic N) is 1. The number of hydrogen-bond acceptors (Lipinski definition) is 3. The predicted molar refractivity (Wildman–Crippen MR) is 80.1 cm³/mol. The number of benzene rings is 1. The third-order valence-corrected chi connectivity index (χ3v) is 3.77. The molecule has 1 fully saturated rings. The summed E-state index contributed by atoms with van der Waals surface area (Å²) in [5, 5.41) is 3.47. The van der Waals surface area contributed by atoms with Gasteiger partial charge in [-0.1, -0.05) is 12.1 Å². The van der Waals surface area contributed by atoms with Crippen molar-refractivity contribution in [3.8, 4) is 0 Å². The standard InChI is InChI=1S/C17H21FN2O/c1-20(11-13-2-4-15(18)5-3-13)12-14-8-9-21-17(14)10-19-16-6-7-16/h2-5,8-9,16,19H,6-7,10-12H2,1H3. The maximum atomic E-state index is 12.9. The number of rotatable bonds is 7. The minimum absolute atomic E-state index is 0.190. The molecule has 0 spiro atoms. The molecule has 1 saturated carbocycles. The van der Waals surface area contributed by atoms with Crippen LogP contribution in [0, 0.1) is 5.82 Å². The van der Waals surface area contributed by atoms with Gasteiger partial charge in [-0.3, -0.25) is 4.90 Å². The van der Waals surface area contributed by atoms with Gasteiger partial charge in [-0.15, -0.1) is 0 Å². The molecule has 0 aliphatic heterocycles. The van der Waals surface area contributed by atoms with Crippen LogP contribution in [0.4, 0.5) is 4.39 Å². The molecule has 1 aromatic heterocycles. The Morgan fingerprint density at radius 3 is 2.67 bits per heavy atom. The lowest BCUT2D eigenvalue weighted by Gasteiger charge is -2.16. The first-order valence-electron chi connectivity index (χ1n) is 7.42. The van der Waals surface area contributed by atoms with Crippen molar-refractivity contribution >= 4 is 0 Å². The van der Waals surface area contributed by atoms with Gasteiger partial charge in [0.2, 0.25) is 0 Å². The van der Waals surface area contributed by atoms with Gasteiger partial charge in [-0.2, -0.15) is 0 Å². The van der Waals surface area contributed by atoms with Crippen LogP contribution in [0.1, 0.15) is 29.7 Å². The second kappa shape index (κ2) is 6.41. The van der Waals surface area contributed by atoms with Crippen LogP contribution in [0.15, 0.2) is 41.0 Å². The highest BCUT2D eigenvalue weighted by Crippen LogP contribution is 2.21. The van der Waals surface area contributed by atoms with E-state index in [9.17, 15) is 4.39 Å². The Morgan fingerprint density at radius 2 is 1.95 bits per heavy atom. The van der Waals surface area contributed by atoms with E-state index in [2.05, 4.69) is 17.3 Å². The molecule has 1 heterocycles. The summed E-state index contributed by atoms with van der Waals surface area (Å²) in [6.45, 7) is 2.42. The molecule has 0 saturated heterocycles. The second-order valence-electron chi connectivity index (χ2n) is 5.82. The van der Waals surface area contributed by atoms with E-state index in [1.807, 2.05) is 18.2 Å². The quantitative estimate of drug-likeness (QED) is 0.847. The van der Waals surface area contributed by atoms with Crippen molar-refractivity contribution in [3.05, 3.63) is 59.3 Å². The molecule has 112 valence electrons. The molecule has 1 aromatic carbocycles. The van der Waals surface area contributed by atoms with Crippen molar-refractivity contribution in [2.24, 2.45) is 0 Å². The van der Waals surface area contributed by atoms with Gasteiger partial charge in [0.05, 0.1) is 12.8 Å². The SMILES string of the molecule is CN(Cc1ccc(F)cc1)Cc1ccoc1CNC1CC1. The third-order valence-electron chi connectivity index (χ3n) is 3.77. The molecule has 21 heavy (non-hydrogen) atoms. The van der Waals surface area contributed by atoms with Crippen LogP contribution in [0.5, 0.6) is 0 Å². The summed E-state index contributed by atoms with van der Waals surface area (Å²) < 4.78 is 18.5. The molecule has 0 radical (unpaired) electrons. The van der Waals surface area contributed by atoms with E-state index < -0.39 is 0 Å². The first-order chi connectivity index (χ1) is 10.2. The van der Waals surface area contributed by atoms with Gasteiger partial charge in [0.25, 0.3) is 0 Å². The van der Waals surface area contributed by atoms with Crippen molar-refractivity contribution in [1.82, 2.24) is 10.2 Å². The molecule has 0 bridgehead atoms. The zero-order chi connectivity index (χ0) is 14.7. The van der Waals surface area contributed by atoms with Crippen molar-refractivity contribution < 1.29 is 8.81 Å². The Morgan fingerprint density at radius 1 is 1.19 bits per heavy atom. The zero-order valence-corrected chi connectivity index (χ0v) is 12.3. The van der Waals surface area contributed by atoms with Crippen LogP contribution < -0.4 is 5.32 Å². The van der Waals surface area contributed by atoms with Crippen LogP contribution in [0.3, 0.4) is 0 Å². The summed E-state index contributed by atoms with van der Waals surface area (Å²) in [6.07, 6.45) is 4.31. The van der Waals surface area contributed by atoms with Crippen LogP contribution in [-0.4, -0.2) is 18.0 Å². The fourth-order valence-corrected chi connectivity index (χ4v) is 2.44. The Kier molecular flexibility index (Phi) is 4.36. The first-order valence-corrected chi connectivity index (χ1v) is 7.42. The van der Waals surface area contributed by atoms with E-state index in [4.69, 9.17) is 4.42 Å². The van der Waals surface area contributed by atoms with Crippen LogP contribution in [0.25, 0.3) is 0 Å². The number of halogens is 1. The first kappa shape index (κ1) is 14.3. The molecule has 0 atom stereocenters. The van der Waals surface area contributed by atoms with Gasteiger partial charge in [-0.05, 0) is 43.7 Å². The number of nitrogens with one attached hydrogen (secondary N) is 1. The minimum Gasteiger partial charge on any atom is -0.468 e. The minimum atomic E-state index is -0.190. The lowest BCUT2D eigenvalue weighted by Crippen LogP contribution is -2.20. The van der Waals surface area contributed by atoms with Crippen LogP contribution in [0.2, 0.25) is 0 Å². The normalized spacial score (nSPS) is 14.8. The maximum absolute atomic E-state index is 12.9. The van der Waals surface area contributed by atoms with Gasteiger partial charge in [0, 0.05) is 24.7 Å². The molecular weight excluding hydrogens is 267 g/mol. The fraction of sp³-hybridized carbons (Fsp3) is 0.412. The largest absolute Gasteiger partial charge is 0.468 e. The molecule has 3 nitrogen and oxygen atoms in total. The molecular formula is C17H21FN2O. The van der Waals surface area contributed by atoms with Gasteiger partial charge in [0.1, 0.15) is 11.6 Å². The summed E-state index contributed by atoms with van der Waals surface area (Å²) in [7, 11) is 2.06. The van der Waals surface area contributed by atoms with Crippen molar-refractivity contribution in [2.45, 2.75) is 38.5 Å². The van der Waals surface area contributed by atoms with Gasteiger partial charge in [-0.25, -0.2) is 4.39 Å². The number of furan rings is 1. The Hall–Kier alpha value is -1.65.